The molecule has 0 aromatic heterocycles. The minimum atomic E-state index is -1.51. The molecule has 8 rings (SSSR count). The fourth-order valence-corrected chi connectivity index (χ4v) is 9.21. The van der Waals surface area contributed by atoms with Crippen LogP contribution in [0.5, 0.6) is 17.2 Å². The topological polar surface area (TPSA) is 159 Å². The molecule has 3 aliphatic carbocycles. The van der Waals surface area contributed by atoms with Crippen LogP contribution in [0.15, 0.2) is 115 Å². The maximum Gasteiger partial charge on any atom is 0.339 e. The minimum Gasteiger partial charge on any atom is -0.508 e. The molecule has 1 aliphatic heterocycles. The molecule has 4 aromatic rings. The number of phenolic OH excluding ortho intramolecular Hbond substituents is 1. The van der Waals surface area contributed by atoms with Gasteiger partial charge in [-0.15, -0.1) is 0 Å². The monoisotopic (exact) mass is 695 g/mol. The largest absolute Gasteiger partial charge is 0.508 e. The first-order chi connectivity index (χ1) is 25.1. The van der Waals surface area contributed by atoms with Gasteiger partial charge >= 0.3 is 5.97 Å². The molecule has 52 heavy (non-hydrogen) atoms. The highest BCUT2D eigenvalue weighted by molar-refractivity contribution is 6.32. The molecule has 0 radical (unpaired) electrons. The third-order valence-electron chi connectivity index (χ3n) is 11.4. The van der Waals surface area contributed by atoms with E-state index in [0.29, 0.717) is 28.0 Å². The van der Waals surface area contributed by atoms with Gasteiger partial charge in [-0.3, -0.25) is 19.2 Å². The highest BCUT2D eigenvalue weighted by Gasteiger charge is 2.66. The van der Waals surface area contributed by atoms with Crippen LogP contribution in [0.2, 0.25) is 0 Å². The van der Waals surface area contributed by atoms with Crippen molar-refractivity contribution in [2.24, 2.45) is 23.7 Å². The van der Waals surface area contributed by atoms with Crippen LogP contribution in [0.1, 0.15) is 45.8 Å². The van der Waals surface area contributed by atoms with Crippen LogP contribution in [0.3, 0.4) is 0 Å². The van der Waals surface area contributed by atoms with Crippen molar-refractivity contribution in [1.29, 1.82) is 0 Å². The number of carbonyl (C=O) groups is 5. The Morgan fingerprint density at radius 2 is 1.54 bits per heavy atom. The van der Waals surface area contributed by atoms with E-state index in [9.17, 15) is 29.7 Å². The number of ether oxygens (including phenoxy) is 1. The zero-order valence-corrected chi connectivity index (χ0v) is 27.9. The molecule has 1 heterocycles. The van der Waals surface area contributed by atoms with Gasteiger partial charge in [0.2, 0.25) is 11.8 Å². The van der Waals surface area contributed by atoms with E-state index in [-0.39, 0.29) is 47.0 Å². The molecule has 10 nitrogen and oxygen atoms in total. The number of hydrogen-bond acceptors (Lipinski definition) is 8. The lowest BCUT2D eigenvalue weighted by molar-refractivity contribution is -0.135. The van der Waals surface area contributed by atoms with Crippen LogP contribution < -0.4 is 9.64 Å². The Morgan fingerprint density at radius 1 is 0.827 bits per heavy atom. The summed E-state index contributed by atoms with van der Waals surface area (Å²) in [6, 6.07) is 26.4. The summed E-state index contributed by atoms with van der Waals surface area (Å²) in [5.41, 5.74) is 0.621. The first-order valence-corrected chi connectivity index (χ1v) is 17.0. The minimum absolute atomic E-state index is 0.0328. The van der Waals surface area contributed by atoms with Gasteiger partial charge in [0.25, 0.3) is 0 Å². The molecule has 0 unspecified atom stereocenters. The molecule has 3 N–H and O–H groups in total. The Kier molecular flexibility index (Phi) is 7.71. The molecule has 4 aromatic carbocycles. The molecule has 4 aliphatic rings. The number of hydrogen-bond donors (Lipinski definition) is 3. The number of allylic oxidation sites excluding steroid dienone is 4. The number of fused-ring (bicyclic) bond motifs is 4. The van der Waals surface area contributed by atoms with Gasteiger partial charge in [-0.25, -0.2) is 9.69 Å². The Hall–Kier alpha value is -6.29. The summed E-state index contributed by atoms with van der Waals surface area (Å²) in [7, 11) is 1.47. The lowest BCUT2D eigenvalue weighted by Gasteiger charge is -2.55. The maximum atomic E-state index is 15.1. The van der Waals surface area contributed by atoms with Crippen LogP contribution in [0.25, 0.3) is 5.57 Å². The number of aromatic hydroxyl groups is 2. The van der Waals surface area contributed by atoms with Crippen LogP contribution in [0, 0.1) is 23.7 Å². The van der Waals surface area contributed by atoms with Gasteiger partial charge in [0.05, 0.1) is 30.0 Å². The molecular weight excluding hydrogens is 662 g/mol. The van der Waals surface area contributed by atoms with E-state index in [2.05, 4.69) is 0 Å². The molecular formula is C42H33NO9. The number of imide groups is 1. The summed E-state index contributed by atoms with van der Waals surface area (Å²) in [5.74, 6) is -7.70. The lowest BCUT2D eigenvalue weighted by atomic mass is 9.44. The number of carboxylic acids is 1. The summed E-state index contributed by atoms with van der Waals surface area (Å²) in [6.07, 6.45) is 3.52. The number of rotatable bonds is 6. The second-order valence-corrected chi connectivity index (χ2v) is 13.7. The number of benzene rings is 4. The fraction of sp³-hybridized carbons (Fsp3) is 0.214. The zero-order valence-electron chi connectivity index (χ0n) is 27.9. The van der Waals surface area contributed by atoms with Gasteiger partial charge in [0.15, 0.2) is 11.6 Å². The van der Waals surface area contributed by atoms with Crippen molar-refractivity contribution in [2.45, 2.75) is 24.2 Å². The van der Waals surface area contributed by atoms with Crippen molar-refractivity contribution in [1.82, 2.24) is 0 Å². The van der Waals surface area contributed by atoms with E-state index in [1.807, 2.05) is 30.3 Å². The molecule has 260 valence electrons. The number of methoxy groups -OCH3 is 1. The smallest absolute Gasteiger partial charge is 0.339 e. The summed E-state index contributed by atoms with van der Waals surface area (Å²) in [5, 5.41) is 31.5. The molecule has 2 amide bonds. The second kappa shape index (κ2) is 12.2. The van der Waals surface area contributed by atoms with E-state index >= 15 is 9.59 Å². The van der Waals surface area contributed by atoms with Crippen molar-refractivity contribution in [3.8, 4) is 17.2 Å². The average Bonchev–Trinajstić information content (AvgIpc) is 3.41. The molecule has 0 bridgehead atoms. The van der Waals surface area contributed by atoms with Crippen molar-refractivity contribution >= 4 is 40.6 Å². The normalized spacial score (nSPS) is 26.6. The average molecular weight is 696 g/mol. The van der Waals surface area contributed by atoms with Gasteiger partial charge in [0, 0.05) is 35.1 Å². The molecule has 1 saturated heterocycles. The summed E-state index contributed by atoms with van der Waals surface area (Å²) in [4.78, 5) is 71.2. The van der Waals surface area contributed by atoms with Crippen molar-refractivity contribution in [3.05, 3.63) is 137 Å². The molecule has 0 spiro atoms. The number of phenols is 2. The standard InChI is InChI=1S/C42H33NO9/c1-52-25-13-15-27(34(45)19-25)37-26-16-17-29-36(40(49)43(39(29)48)24-12-14-28(41(50)51)33(44)18-24)31(26)20-32-38(47)30(22-8-4-2-5-9-22)21-35(46)42(32,37)23-10-6-3-7-11-23/h2-16,18-19,21,29,31-32,36-37,44-45H,17,20H2,1H3,(H,50,51)/t29-,31+,32-,36-,37+,42-/m0/s1. The van der Waals surface area contributed by atoms with Crippen molar-refractivity contribution < 1.29 is 44.0 Å². The van der Waals surface area contributed by atoms with Crippen LogP contribution in [-0.4, -0.2) is 51.8 Å². The molecule has 10 heteroatoms. The maximum absolute atomic E-state index is 15.1. The number of aromatic carboxylic acids is 1. The third-order valence-corrected chi connectivity index (χ3v) is 11.4. The number of anilines is 1. The van der Waals surface area contributed by atoms with Crippen molar-refractivity contribution in [3.63, 3.8) is 0 Å². The Bertz CT molecular complexity index is 2260. The number of amides is 2. The Labute approximate surface area is 298 Å². The SMILES string of the molecule is COc1ccc([C@H]2C3=CC[C@@H]4C(=O)N(c5ccc(C(=O)O)c(O)c5)C(=O)[C@@H]4[C@@H]3C[C@H]3C(=O)C(c4ccccc4)=CC(=O)[C@@]23c2ccccc2)c(O)c1. The van der Waals surface area contributed by atoms with Crippen molar-refractivity contribution in [2.75, 3.05) is 12.0 Å². The third kappa shape index (κ3) is 4.67. The van der Waals surface area contributed by atoms with E-state index in [0.717, 1.165) is 17.0 Å². The van der Waals surface area contributed by atoms with Crippen LogP contribution in [0.4, 0.5) is 5.69 Å². The first-order valence-electron chi connectivity index (χ1n) is 17.0. The highest BCUT2D eigenvalue weighted by Crippen LogP contribution is 2.64. The zero-order chi connectivity index (χ0) is 36.5. The lowest BCUT2D eigenvalue weighted by Crippen LogP contribution is -2.58. The van der Waals surface area contributed by atoms with Gasteiger partial charge < -0.3 is 20.1 Å². The number of nitrogens with zero attached hydrogens (tertiary/aromatic N) is 1. The van der Waals surface area contributed by atoms with Crippen LogP contribution in [-0.2, 0) is 24.6 Å². The quantitative estimate of drug-likeness (QED) is 0.167. The van der Waals surface area contributed by atoms with Gasteiger partial charge in [-0.2, -0.15) is 0 Å². The van der Waals surface area contributed by atoms with Crippen LogP contribution >= 0.6 is 0 Å². The molecule has 2 fully saturated rings. The summed E-state index contributed by atoms with van der Waals surface area (Å²) in [6.45, 7) is 0. The fourth-order valence-electron chi connectivity index (χ4n) is 9.21. The van der Waals surface area contributed by atoms with E-state index in [1.165, 1.54) is 25.3 Å². The van der Waals surface area contributed by atoms with E-state index in [4.69, 9.17) is 4.74 Å². The Morgan fingerprint density at radius 3 is 2.19 bits per heavy atom. The molecule has 6 atom stereocenters. The first kappa shape index (κ1) is 32.9. The van der Waals surface area contributed by atoms with E-state index < -0.39 is 58.5 Å². The predicted octanol–water partition coefficient (Wildman–Crippen LogP) is 5.83. The number of ketones is 2. The Balaban J connectivity index is 1.34. The number of carbonyl (C=O) groups excluding carboxylic acids is 4. The second-order valence-electron chi connectivity index (χ2n) is 13.7. The van der Waals surface area contributed by atoms with Gasteiger partial charge in [-0.05, 0) is 54.2 Å². The summed E-state index contributed by atoms with van der Waals surface area (Å²) >= 11 is 0. The summed E-state index contributed by atoms with van der Waals surface area (Å²) < 4.78 is 5.38. The van der Waals surface area contributed by atoms with Gasteiger partial charge in [-0.1, -0.05) is 78.4 Å². The number of Topliss-reactive ketones (excluding diaryl/α,β-unsaturated/α-hetero) is 1. The number of carboxylic acid groups (broad SMARTS) is 1. The molecule has 1 saturated carbocycles. The highest BCUT2D eigenvalue weighted by atomic mass is 16.5. The van der Waals surface area contributed by atoms with Gasteiger partial charge in [0.1, 0.15) is 22.8 Å². The van der Waals surface area contributed by atoms with E-state index in [1.54, 1.807) is 48.5 Å². The predicted molar refractivity (Wildman–Crippen MR) is 189 cm³/mol.